The number of carbonyl (C=O) groups is 1. The molecule has 0 radical (unpaired) electrons. The lowest BCUT2D eigenvalue weighted by Crippen LogP contribution is -2.43. The number of thioether (sulfide) groups is 1. The average Bonchev–Trinajstić information content (AvgIpc) is 3.31. The Bertz CT molecular complexity index is 670. The van der Waals surface area contributed by atoms with E-state index in [9.17, 15) is 4.79 Å². The molecule has 1 aliphatic heterocycles. The molecule has 0 spiro atoms. The Morgan fingerprint density at radius 1 is 1.32 bits per heavy atom. The van der Waals surface area contributed by atoms with Gasteiger partial charge < -0.3 is 15.5 Å². The van der Waals surface area contributed by atoms with Crippen molar-refractivity contribution in [3.8, 4) is 0 Å². The van der Waals surface area contributed by atoms with Gasteiger partial charge in [-0.2, -0.15) is 11.8 Å². The molecule has 1 saturated carbocycles. The topological polar surface area (TPSA) is 56.7 Å². The number of carbonyl (C=O) groups excluding carboxylic acids is 1. The lowest BCUT2D eigenvalue weighted by molar-refractivity contribution is -0.118. The molecule has 2 atom stereocenters. The van der Waals surface area contributed by atoms with Crippen LogP contribution in [-0.4, -0.2) is 49.0 Å². The highest BCUT2D eigenvalue weighted by molar-refractivity contribution is 14.0. The number of benzene rings is 1. The van der Waals surface area contributed by atoms with Gasteiger partial charge >= 0.3 is 0 Å². The Morgan fingerprint density at radius 3 is 2.93 bits per heavy atom. The normalized spacial score (nSPS) is 21.2. The maximum atomic E-state index is 12.5. The fraction of sp³-hybridized carbons (Fsp3) is 0.619. The smallest absolute Gasteiger partial charge is 0.227 e. The van der Waals surface area contributed by atoms with E-state index < -0.39 is 0 Å². The van der Waals surface area contributed by atoms with E-state index in [-0.39, 0.29) is 29.9 Å². The minimum Gasteiger partial charge on any atom is -0.356 e. The Kier molecular flexibility index (Phi) is 9.91. The fourth-order valence-electron chi connectivity index (χ4n) is 4.02. The van der Waals surface area contributed by atoms with E-state index in [2.05, 4.69) is 46.4 Å². The molecule has 2 N–H and O–H groups in total. The van der Waals surface area contributed by atoms with Crippen molar-refractivity contribution in [3.05, 3.63) is 29.8 Å². The maximum Gasteiger partial charge on any atom is 0.227 e. The van der Waals surface area contributed by atoms with E-state index in [0.29, 0.717) is 12.5 Å². The van der Waals surface area contributed by atoms with Crippen molar-refractivity contribution < 1.29 is 4.79 Å². The number of nitrogens with zero attached hydrogens (tertiary/aromatic N) is 2. The molecule has 156 valence electrons. The Labute approximate surface area is 190 Å². The second-order valence-corrected chi connectivity index (χ2v) is 8.84. The summed E-state index contributed by atoms with van der Waals surface area (Å²) in [5, 5.41) is 7.69. The van der Waals surface area contributed by atoms with E-state index >= 15 is 0 Å². The fourth-order valence-corrected chi connectivity index (χ4v) is 5.17. The predicted molar refractivity (Wildman–Crippen MR) is 131 cm³/mol. The number of amides is 1. The first-order valence-electron chi connectivity index (χ1n) is 10.2. The van der Waals surface area contributed by atoms with Crippen LogP contribution < -0.4 is 15.5 Å². The van der Waals surface area contributed by atoms with Crippen LogP contribution in [0.1, 0.15) is 44.6 Å². The van der Waals surface area contributed by atoms with Crippen LogP contribution in [0.5, 0.6) is 0 Å². The van der Waals surface area contributed by atoms with Crippen LogP contribution in [0.25, 0.3) is 0 Å². The zero-order valence-electron chi connectivity index (χ0n) is 16.9. The first-order chi connectivity index (χ1) is 13.2. The second-order valence-electron chi connectivity index (χ2n) is 7.26. The van der Waals surface area contributed by atoms with Gasteiger partial charge in [0, 0.05) is 43.5 Å². The predicted octanol–water partition coefficient (Wildman–Crippen LogP) is 3.81. The number of para-hydroxylation sites is 1. The Hall–Kier alpha value is -0.960. The molecule has 0 bridgehead atoms. The van der Waals surface area contributed by atoms with Crippen molar-refractivity contribution in [1.29, 1.82) is 0 Å². The zero-order valence-corrected chi connectivity index (χ0v) is 20.1. The molecular formula is C21H33IN4OS. The molecule has 28 heavy (non-hydrogen) atoms. The van der Waals surface area contributed by atoms with E-state index in [0.717, 1.165) is 42.8 Å². The standard InChI is InChI=1S/C21H32N4OS.HI/c1-3-27-18-11-10-17(15-18)24-21(22-2)23-13-6-9-20(26)25-14-12-16-7-4-5-8-19(16)25;/h4-5,7-8,17-18H,3,6,9-15H2,1-2H3,(H2,22,23,24);1H. The molecule has 1 heterocycles. The van der Waals surface area contributed by atoms with E-state index in [1.165, 1.54) is 30.6 Å². The van der Waals surface area contributed by atoms with Crippen LogP contribution in [0, 0.1) is 0 Å². The van der Waals surface area contributed by atoms with Crippen molar-refractivity contribution in [2.24, 2.45) is 4.99 Å². The van der Waals surface area contributed by atoms with Gasteiger partial charge in [-0.15, -0.1) is 24.0 Å². The van der Waals surface area contributed by atoms with Gasteiger partial charge in [-0.3, -0.25) is 9.79 Å². The van der Waals surface area contributed by atoms with E-state index in [4.69, 9.17) is 0 Å². The molecule has 1 amide bonds. The molecule has 1 aliphatic carbocycles. The number of aliphatic imine (C=N–C) groups is 1. The molecule has 1 aromatic rings. The monoisotopic (exact) mass is 516 g/mol. The summed E-state index contributed by atoms with van der Waals surface area (Å²) in [6.45, 7) is 3.81. The van der Waals surface area contributed by atoms with Gasteiger partial charge in [0.2, 0.25) is 5.91 Å². The molecule has 0 aromatic heterocycles. The van der Waals surface area contributed by atoms with E-state index in [1.54, 1.807) is 0 Å². The third kappa shape index (κ3) is 6.27. The van der Waals surface area contributed by atoms with Gasteiger partial charge in [-0.25, -0.2) is 0 Å². The van der Waals surface area contributed by atoms with Crippen molar-refractivity contribution >= 4 is 53.3 Å². The Balaban J connectivity index is 0.00000280. The SMILES string of the molecule is CCSC1CCC(NC(=NC)NCCCC(=O)N2CCc3ccccc32)C1.I. The zero-order chi connectivity index (χ0) is 19.1. The van der Waals surface area contributed by atoms with Crippen LogP contribution >= 0.6 is 35.7 Å². The van der Waals surface area contributed by atoms with Gasteiger partial charge in [0.15, 0.2) is 5.96 Å². The van der Waals surface area contributed by atoms with Crippen LogP contribution in [0.2, 0.25) is 0 Å². The molecule has 0 saturated heterocycles. The maximum absolute atomic E-state index is 12.5. The highest BCUT2D eigenvalue weighted by Crippen LogP contribution is 2.30. The Morgan fingerprint density at radius 2 is 2.14 bits per heavy atom. The third-order valence-corrected chi connectivity index (χ3v) is 6.63. The number of nitrogens with one attached hydrogen (secondary N) is 2. The molecule has 2 unspecified atom stereocenters. The molecule has 1 fully saturated rings. The lowest BCUT2D eigenvalue weighted by Gasteiger charge is -2.19. The van der Waals surface area contributed by atoms with Gasteiger partial charge in [-0.1, -0.05) is 25.1 Å². The quantitative estimate of drug-likeness (QED) is 0.251. The summed E-state index contributed by atoms with van der Waals surface area (Å²) >= 11 is 2.07. The summed E-state index contributed by atoms with van der Waals surface area (Å²) in [6.07, 6.45) is 6.07. The third-order valence-electron chi connectivity index (χ3n) is 5.40. The van der Waals surface area contributed by atoms with Crippen molar-refractivity contribution in [1.82, 2.24) is 10.6 Å². The van der Waals surface area contributed by atoms with Gasteiger partial charge in [-0.05, 0) is 49.5 Å². The van der Waals surface area contributed by atoms with Crippen LogP contribution in [0.4, 0.5) is 5.69 Å². The molecular weight excluding hydrogens is 483 g/mol. The minimum absolute atomic E-state index is 0. The van der Waals surface area contributed by atoms with Crippen LogP contribution in [0.15, 0.2) is 29.3 Å². The number of halogens is 1. The summed E-state index contributed by atoms with van der Waals surface area (Å²) in [7, 11) is 1.81. The summed E-state index contributed by atoms with van der Waals surface area (Å²) in [5.74, 6) is 2.28. The van der Waals surface area contributed by atoms with Crippen molar-refractivity contribution in [3.63, 3.8) is 0 Å². The number of anilines is 1. The van der Waals surface area contributed by atoms with Crippen molar-refractivity contribution in [2.45, 2.75) is 56.7 Å². The minimum atomic E-state index is 0. The highest BCUT2D eigenvalue weighted by atomic mass is 127. The van der Waals surface area contributed by atoms with Gasteiger partial charge in [0.25, 0.3) is 0 Å². The summed E-state index contributed by atoms with van der Waals surface area (Å²) in [5.41, 5.74) is 2.37. The number of hydrogen-bond donors (Lipinski definition) is 2. The largest absolute Gasteiger partial charge is 0.356 e. The van der Waals surface area contributed by atoms with Crippen molar-refractivity contribution in [2.75, 3.05) is 30.8 Å². The second kappa shape index (κ2) is 11.9. The van der Waals surface area contributed by atoms with Crippen LogP contribution in [-0.2, 0) is 11.2 Å². The molecule has 2 aliphatic rings. The first-order valence-corrected chi connectivity index (χ1v) is 11.2. The molecule has 7 heteroatoms. The van der Waals surface area contributed by atoms with Gasteiger partial charge in [0.1, 0.15) is 0 Å². The molecule has 3 rings (SSSR count). The number of guanidine groups is 1. The molecule has 5 nitrogen and oxygen atoms in total. The average molecular weight is 516 g/mol. The summed E-state index contributed by atoms with van der Waals surface area (Å²) < 4.78 is 0. The van der Waals surface area contributed by atoms with Crippen LogP contribution in [0.3, 0.4) is 0 Å². The first kappa shape index (κ1) is 23.3. The lowest BCUT2D eigenvalue weighted by atomic mass is 10.2. The summed E-state index contributed by atoms with van der Waals surface area (Å²) in [6, 6.07) is 8.74. The van der Waals surface area contributed by atoms with E-state index in [1.807, 2.05) is 24.1 Å². The highest BCUT2D eigenvalue weighted by Gasteiger charge is 2.25. The van der Waals surface area contributed by atoms with Gasteiger partial charge in [0.05, 0.1) is 0 Å². The summed E-state index contributed by atoms with van der Waals surface area (Å²) in [4.78, 5) is 18.8. The number of rotatable bonds is 7. The molecule has 1 aromatic carbocycles. The number of hydrogen-bond acceptors (Lipinski definition) is 3. The number of fused-ring (bicyclic) bond motifs is 1.